The fourth-order valence-electron chi connectivity index (χ4n) is 3.65. The van der Waals surface area contributed by atoms with Crippen molar-refractivity contribution in [3.63, 3.8) is 0 Å². The summed E-state index contributed by atoms with van der Waals surface area (Å²) in [6.07, 6.45) is 0.559. The molecule has 1 atom stereocenters. The van der Waals surface area contributed by atoms with E-state index in [2.05, 4.69) is 23.5 Å². The van der Waals surface area contributed by atoms with Gasteiger partial charge >= 0.3 is 5.63 Å². The van der Waals surface area contributed by atoms with Crippen molar-refractivity contribution in [2.75, 3.05) is 7.11 Å². The minimum Gasteiger partial charge on any atom is -0.497 e. The highest BCUT2D eigenvalue weighted by Crippen LogP contribution is 2.24. The lowest BCUT2D eigenvalue weighted by atomic mass is 9.99. The van der Waals surface area contributed by atoms with Crippen LogP contribution in [0, 0.1) is 20.8 Å². The van der Waals surface area contributed by atoms with Crippen LogP contribution in [0.3, 0.4) is 0 Å². The van der Waals surface area contributed by atoms with Crippen LogP contribution in [0.15, 0.2) is 45.6 Å². The second-order valence-corrected chi connectivity index (χ2v) is 7.50. The van der Waals surface area contributed by atoms with Gasteiger partial charge in [0.05, 0.1) is 13.2 Å². The molecule has 3 rings (SSSR count). The molecule has 0 saturated heterocycles. The molecule has 152 valence electrons. The van der Waals surface area contributed by atoms with Gasteiger partial charge in [-0.2, -0.15) is 0 Å². The van der Waals surface area contributed by atoms with Crippen molar-refractivity contribution in [1.29, 1.82) is 0 Å². The van der Waals surface area contributed by atoms with E-state index in [-0.39, 0.29) is 18.4 Å². The standard InChI is InChI=1S/C24H27NO4/c1-14-6-7-15(2)21(12-14)17(4)25-23(26)11-10-20-16(3)19-9-8-18(28-5)13-22(19)29-24(20)27/h6-9,12-13,17H,10-11H2,1-5H3,(H,25,26)/t17-/m0/s1. The zero-order valence-corrected chi connectivity index (χ0v) is 17.6. The maximum atomic E-state index is 12.5. The Morgan fingerprint density at radius 2 is 1.90 bits per heavy atom. The Kier molecular flexibility index (Phi) is 6.06. The SMILES string of the molecule is COc1ccc2c(C)c(CCC(=O)N[C@@H](C)c3cc(C)ccc3C)c(=O)oc2c1. The molecule has 0 spiro atoms. The van der Waals surface area contributed by atoms with Crippen molar-refractivity contribution in [2.24, 2.45) is 0 Å². The number of amides is 1. The lowest BCUT2D eigenvalue weighted by Gasteiger charge is -2.17. The van der Waals surface area contributed by atoms with E-state index in [4.69, 9.17) is 9.15 Å². The summed E-state index contributed by atoms with van der Waals surface area (Å²) in [7, 11) is 1.57. The quantitative estimate of drug-likeness (QED) is 0.625. The van der Waals surface area contributed by atoms with Gasteiger partial charge in [0, 0.05) is 23.4 Å². The fraction of sp³-hybridized carbons (Fsp3) is 0.333. The zero-order chi connectivity index (χ0) is 21.1. The third-order valence-electron chi connectivity index (χ3n) is 5.38. The molecule has 0 fully saturated rings. The molecular formula is C24H27NO4. The number of fused-ring (bicyclic) bond motifs is 1. The number of hydrogen-bond donors (Lipinski definition) is 1. The third kappa shape index (κ3) is 4.50. The predicted molar refractivity (Wildman–Crippen MR) is 115 cm³/mol. The van der Waals surface area contributed by atoms with Gasteiger partial charge in [-0.25, -0.2) is 4.79 Å². The normalized spacial score (nSPS) is 12.0. The molecule has 0 aliphatic rings. The summed E-state index contributed by atoms with van der Waals surface area (Å²) < 4.78 is 10.6. The van der Waals surface area contributed by atoms with Gasteiger partial charge < -0.3 is 14.5 Å². The van der Waals surface area contributed by atoms with Crippen LogP contribution in [0.4, 0.5) is 0 Å². The van der Waals surface area contributed by atoms with Gasteiger partial charge in [0.25, 0.3) is 0 Å². The van der Waals surface area contributed by atoms with E-state index in [1.165, 1.54) is 0 Å². The molecule has 1 amide bonds. The number of ether oxygens (including phenoxy) is 1. The Morgan fingerprint density at radius 3 is 2.62 bits per heavy atom. The van der Waals surface area contributed by atoms with Gasteiger partial charge in [-0.3, -0.25) is 4.79 Å². The molecule has 2 aromatic carbocycles. The van der Waals surface area contributed by atoms with E-state index >= 15 is 0 Å². The van der Waals surface area contributed by atoms with E-state index in [9.17, 15) is 9.59 Å². The third-order valence-corrected chi connectivity index (χ3v) is 5.38. The van der Waals surface area contributed by atoms with Gasteiger partial charge in [-0.15, -0.1) is 0 Å². The summed E-state index contributed by atoms with van der Waals surface area (Å²) >= 11 is 0. The van der Waals surface area contributed by atoms with Crippen molar-refractivity contribution in [3.05, 3.63) is 74.6 Å². The number of benzene rings is 2. The van der Waals surface area contributed by atoms with Crippen LogP contribution < -0.4 is 15.7 Å². The van der Waals surface area contributed by atoms with E-state index < -0.39 is 5.63 Å². The first-order valence-corrected chi connectivity index (χ1v) is 9.77. The lowest BCUT2D eigenvalue weighted by Crippen LogP contribution is -2.28. The highest BCUT2D eigenvalue weighted by atomic mass is 16.5. The van der Waals surface area contributed by atoms with Crippen LogP contribution in [0.25, 0.3) is 11.0 Å². The first-order chi connectivity index (χ1) is 13.8. The Labute approximate surface area is 170 Å². The second-order valence-electron chi connectivity index (χ2n) is 7.50. The molecule has 0 aliphatic heterocycles. The summed E-state index contributed by atoms with van der Waals surface area (Å²) in [6, 6.07) is 11.5. The first kappa shape index (κ1) is 20.6. The monoisotopic (exact) mass is 393 g/mol. The van der Waals surface area contributed by atoms with Crippen molar-refractivity contribution < 1.29 is 13.9 Å². The summed E-state index contributed by atoms with van der Waals surface area (Å²) in [5.41, 5.74) is 4.87. The average Bonchev–Trinajstić information content (AvgIpc) is 2.69. The van der Waals surface area contributed by atoms with Crippen LogP contribution in [0.2, 0.25) is 0 Å². The number of methoxy groups -OCH3 is 1. The highest BCUT2D eigenvalue weighted by molar-refractivity contribution is 5.83. The van der Waals surface area contributed by atoms with Crippen molar-refractivity contribution >= 4 is 16.9 Å². The molecule has 0 radical (unpaired) electrons. The van der Waals surface area contributed by atoms with Crippen LogP contribution in [-0.4, -0.2) is 13.0 Å². The highest BCUT2D eigenvalue weighted by Gasteiger charge is 2.16. The Bertz CT molecular complexity index is 1110. The number of carbonyl (C=O) groups is 1. The maximum absolute atomic E-state index is 12.5. The van der Waals surface area contributed by atoms with E-state index in [1.807, 2.05) is 39.8 Å². The molecule has 0 aliphatic carbocycles. The average molecular weight is 393 g/mol. The molecule has 5 nitrogen and oxygen atoms in total. The second kappa shape index (κ2) is 8.52. The molecular weight excluding hydrogens is 366 g/mol. The van der Waals surface area contributed by atoms with Gasteiger partial charge in [-0.1, -0.05) is 23.8 Å². The molecule has 0 saturated carbocycles. The number of hydrogen-bond acceptors (Lipinski definition) is 4. The maximum Gasteiger partial charge on any atom is 0.339 e. The molecule has 1 N–H and O–H groups in total. The van der Waals surface area contributed by atoms with E-state index in [0.29, 0.717) is 23.3 Å². The largest absolute Gasteiger partial charge is 0.497 e. The van der Waals surface area contributed by atoms with Gasteiger partial charge in [0.15, 0.2) is 0 Å². The van der Waals surface area contributed by atoms with E-state index in [0.717, 1.165) is 27.6 Å². The molecule has 29 heavy (non-hydrogen) atoms. The Balaban J connectivity index is 1.74. The minimum absolute atomic E-state index is 0.0907. The molecule has 1 heterocycles. The van der Waals surface area contributed by atoms with Gasteiger partial charge in [0.2, 0.25) is 5.91 Å². The number of aryl methyl sites for hydroxylation is 3. The van der Waals surface area contributed by atoms with Crippen molar-refractivity contribution in [2.45, 2.75) is 46.6 Å². The zero-order valence-electron chi connectivity index (χ0n) is 17.6. The molecule has 1 aromatic heterocycles. The first-order valence-electron chi connectivity index (χ1n) is 9.77. The molecule has 0 bridgehead atoms. The van der Waals surface area contributed by atoms with Crippen LogP contribution in [0.1, 0.15) is 47.2 Å². The molecule has 3 aromatic rings. The van der Waals surface area contributed by atoms with Crippen LogP contribution in [-0.2, 0) is 11.2 Å². The summed E-state index contributed by atoms with van der Waals surface area (Å²) in [4.78, 5) is 25.0. The lowest BCUT2D eigenvalue weighted by molar-refractivity contribution is -0.121. The molecule has 5 heteroatoms. The van der Waals surface area contributed by atoms with Gasteiger partial charge in [0.1, 0.15) is 11.3 Å². The summed E-state index contributed by atoms with van der Waals surface area (Å²) in [5, 5.41) is 3.89. The van der Waals surface area contributed by atoms with E-state index in [1.54, 1.807) is 13.2 Å². The van der Waals surface area contributed by atoms with Crippen LogP contribution >= 0.6 is 0 Å². The predicted octanol–water partition coefficient (Wildman–Crippen LogP) is 4.54. The van der Waals surface area contributed by atoms with Crippen molar-refractivity contribution in [1.82, 2.24) is 5.32 Å². The Morgan fingerprint density at radius 1 is 1.14 bits per heavy atom. The summed E-state index contributed by atoms with van der Waals surface area (Å²) in [5.74, 6) is 0.541. The number of carbonyl (C=O) groups excluding carboxylic acids is 1. The minimum atomic E-state index is -0.404. The number of rotatable bonds is 6. The van der Waals surface area contributed by atoms with Crippen molar-refractivity contribution in [3.8, 4) is 5.75 Å². The summed E-state index contributed by atoms with van der Waals surface area (Å²) in [6.45, 7) is 7.94. The van der Waals surface area contributed by atoms with Gasteiger partial charge in [-0.05, 0) is 62.9 Å². The van der Waals surface area contributed by atoms with Crippen LogP contribution in [0.5, 0.6) is 5.75 Å². The fourth-order valence-corrected chi connectivity index (χ4v) is 3.65. The smallest absolute Gasteiger partial charge is 0.339 e. The number of nitrogens with one attached hydrogen (secondary N) is 1. The Hall–Kier alpha value is -3.08. The topological polar surface area (TPSA) is 68.5 Å². The molecule has 0 unspecified atom stereocenters.